The number of H-pyrrole nitrogens is 2. The largest absolute Gasteiger partial charge is 0.494 e. The first-order valence-electron chi connectivity index (χ1n) is 6.46. The Morgan fingerprint density at radius 1 is 1.04 bits per heavy atom. The number of aromatic hydroxyl groups is 1. The smallest absolute Gasteiger partial charge is 0.328 e. The van der Waals surface area contributed by atoms with Gasteiger partial charge in [-0.05, 0) is 24.1 Å². The molecule has 0 radical (unpaired) electrons. The van der Waals surface area contributed by atoms with E-state index in [-0.39, 0.29) is 11.1 Å². The molecule has 0 aliphatic carbocycles. The summed E-state index contributed by atoms with van der Waals surface area (Å²) in [6.45, 7) is 1.68. The fourth-order valence-electron chi connectivity index (χ4n) is 1.84. The summed E-state index contributed by atoms with van der Waals surface area (Å²) in [5.74, 6) is -2.40. The standard InChI is InChI=1S/C13H12N4O6/c1-2-5(3-6-8(18)14-12(22)15-9(6)19)4-7-10(20)16-13(23)17-11(7)21/h3-4H,2H2,1H3,(H2,14,15,18,19,22)(H3,16,17,20,21,23)/b5-4+. The average Bonchev–Trinajstić information content (AvgIpc) is 2.44. The van der Waals surface area contributed by atoms with E-state index in [2.05, 4.69) is 0 Å². The van der Waals surface area contributed by atoms with Crippen LogP contribution in [0.4, 0.5) is 4.79 Å². The molecule has 10 heteroatoms. The molecule has 5 N–H and O–H groups in total. The van der Waals surface area contributed by atoms with Crippen molar-refractivity contribution in [2.75, 3.05) is 0 Å². The van der Waals surface area contributed by atoms with Gasteiger partial charge in [-0.2, -0.15) is 0 Å². The monoisotopic (exact) mass is 320 g/mol. The van der Waals surface area contributed by atoms with Crippen LogP contribution in [0.2, 0.25) is 0 Å². The molecule has 1 fully saturated rings. The van der Waals surface area contributed by atoms with Crippen LogP contribution in [0.25, 0.3) is 6.08 Å². The van der Waals surface area contributed by atoms with Crippen molar-refractivity contribution < 1.29 is 19.5 Å². The number of hydrogen-bond donors (Lipinski definition) is 5. The van der Waals surface area contributed by atoms with Gasteiger partial charge in [0, 0.05) is 0 Å². The average molecular weight is 320 g/mol. The first kappa shape index (κ1) is 15.9. The van der Waals surface area contributed by atoms with Crippen LogP contribution >= 0.6 is 0 Å². The third kappa shape index (κ3) is 3.43. The maximum Gasteiger partial charge on any atom is 0.328 e. The van der Waals surface area contributed by atoms with E-state index in [1.165, 1.54) is 12.2 Å². The molecule has 120 valence electrons. The van der Waals surface area contributed by atoms with Crippen molar-refractivity contribution in [3.05, 3.63) is 43.6 Å². The molecule has 4 amide bonds. The van der Waals surface area contributed by atoms with Crippen LogP contribution in [0.5, 0.6) is 5.88 Å². The minimum atomic E-state index is -0.922. The number of carbonyl (C=O) groups excluding carboxylic acids is 3. The molecule has 1 aliphatic heterocycles. The van der Waals surface area contributed by atoms with E-state index in [0.29, 0.717) is 12.0 Å². The van der Waals surface area contributed by atoms with Crippen molar-refractivity contribution in [2.24, 2.45) is 0 Å². The molecular formula is C13H12N4O6. The summed E-state index contributed by atoms with van der Waals surface area (Å²) in [6, 6.07) is -0.922. The van der Waals surface area contributed by atoms with Crippen LogP contribution in [-0.2, 0) is 9.59 Å². The second kappa shape index (κ2) is 6.13. The first-order valence-corrected chi connectivity index (χ1v) is 6.46. The number of rotatable bonds is 3. The predicted octanol–water partition coefficient (Wildman–Crippen LogP) is -1.15. The van der Waals surface area contributed by atoms with Crippen LogP contribution in [0.3, 0.4) is 0 Å². The number of carbonyl (C=O) groups is 3. The van der Waals surface area contributed by atoms with Gasteiger partial charge in [-0.1, -0.05) is 6.92 Å². The van der Waals surface area contributed by atoms with E-state index in [1.807, 2.05) is 20.6 Å². The molecule has 0 bridgehead atoms. The van der Waals surface area contributed by atoms with Crippen molar-refractivity contribution in [1.82, 2.24) is 20.6 Å². The Balaban J connectivity index is 2.48. The van der Waals surface area contributed by atoms with Crippen LogP contribution in [-0.4, -0.2) is 32.9 Å². The second-order valence-corrected chi connectivity index (χ2v) is 4.54. The zero-order valence-electron chi connectivity index (χ0n) is 11.9. The highest BCUT2D eigenvalue weighted by molar-refractivity contribution is 6.29. The number of urea groups is 1. The lowest BCUT2D eigenvalue weighted by Crippen LogP contribution is -2.51. The van der Waals surface area contributed by atoms with Crippen LogP contribution in [0.15, 0.2) is 26.8 Å². The minimum Gasteiger partial charge on any atom is -0.494 e. The third-order valence-corrected chi connectivity index (χ3v) is 2.97. The van der Waals surface area contributed by atoms with Gasteiger partial charge < -0.3 is 5.11 Å². The molecule has 2 heterocycles. The van der Waals surface area contributed by atoms with Crippen molar-refractivity contribution in [2.45, 2.75) is 13.3 Å². The number of allylic oxidation sites excluding steroid dienone is 2. The Morgan fingerprint density at radius 2 is 1.65 bits per heavy atom. The van der Waals surface area contributed by atoms with Gasteiger partial charge in [0.05, 0.1) is 0 Å². The molecule has 0 saturated carbocycles. The van der Waals surface area contributed by atoms with Gasteiger partial charge in [0.25, 0.3) is 17.4 Å². The van der Waals surface area contributed by atoms with Gasteiger partial charge >= 0.3 is 11.7 Å². The predicted molar refractivity (Wildman–Crippen MR) is 77.4 cm³/mol. The van der Waals surface area contributed by atoms with Crippen LogP contribution in [0, 0.1) is 0 Å². The van der Waals surface area contributed by atoms with Crippen molar-refractivity contribution in [1.29, 1.82) is 0 Å². The number of aromatic nitrogens is 2. The maximum absolute atomic E-state index is 11.7. The van der Waals surface area contributed by atoms with E-state index in [0.717, 1.165) is 0 Å². The summed E-state index contributed by atoms with van der Waals surface area (Å²) in [6.07, 6.45) is 2.70. The first-order chi connectivity index (χ1) is 10.8. The molecule has 0 spiro atoms. The van der Waals surface area contributed by atoms with E-state index in [9.17, 15) is 29.1 Å². The van der Waals surface area contributed by atoms with Crippen LogP contribution < -0.4 is 21.9 Å². The van der Waals surface area contributed by atoms with Gasteiger partial charge in [-0.25, -0.2) is 9.59 Å². The SMILES string of the molecule is CC/C(C=C1C(=O)NC(=O)NC1=O)=C\c1c(O)[nH]c(=O)[nH]c1=O. The molecule has 1 aromatic rings. The Morgan fingerprint density at radius 3 is 2.17 bits per heavy atom. The van der Waals surface area contributed by atoms with Crippen molar-refractivity contribution >= 4 is 23.9 Å². The molecule has 0 unspecified atom stereocenters. The van der Waals surface area contributed by atoms with Gasteiger partial charge in [-0.3, -0.25) is 35.0 Å². The molecule has 1 aromatic heterocycles. The van der Waals surface area contributed by atoms with Gasteiger partial charge in [0.15, 0.2) is 0 Å². The Hall–Kier alpha value is -3.43. The van der Waals surface area contributed by atoms with E-state index >= 15 is 0 Å². The van der Waals surface area contributed by atoms with Crippen molar-refractivity contribution in [3.8, 4) is 5.88 Å². The lowest BCUT2D eigenvalue weighted by molar-refractivity contribution is -0.124. The lowest BCUT2D eigenvalue weighted by atomic mass is 10.0. The van der Waals surface area contributed by atoms with Gasteiger partial charge in [0.2, 0.25) is 5.88 Å². The Labute approximate surface area is 127 Å². The lowest BCUT2D eigenvalue weighted by Gasteiger charge is -2.14. The zero-order valence-corrected chi connectivity index (χ0v) is 11.9. The highest BCUT2D eigenvalue weighted by Crippen LogP contribution is 2.16. The maximum atomic E-state index is 11.7. The zero-order chi connectivity index (χ0) is 17.1. The van der Waals surface area contributed by atoms with Crippen molar-refractivity contribution in [3.63, 3.8) is 0 Å². The normalized spacial score (nSPS) is 15.3. The number of aromatic amines is 2. The molecule has 0 atom stereocenters. The molecular weight excluding hydrogens is 308 g/mol. The number of hydrogen-bond acceptors (Lipinski definition) is 6. The summed E-state index contributed by atoms with van der Waals surface area (Å²) < 4.78 is 0. The number of amides is 4. The molecule has 2 rings (SSSR count). The summed E-state index contributed by atoms with van der Waals surface area (Å²) >= 11 is 0. The van der Waals surface area contributed by atoms with E-state index in [1.54, 1.807) is 6.92 Å². The molecule has 23 heavy (non-hydrogen) atoms. The number of nitrogens with one attached hydrogen (secondary N) is 4. The highest BCUT2D eigenvalue weighted by atomic mass is 16.3. The second-order valence-electron chi connectivity index (χ2n) is 4.54. The number of barbiturate groups is 1. The van der Waals surface area contributed by atoms with E-state index in [4.69, 9.17) is 0 Å². The molecule has 1 saturated heterocycles. The highest BCUT2D eigenvalue weighted by Gasteiger charge is 2.27. The Bertz CT molecular complexity index is 851. The molecule has 0 aromatic carbocycles. The topological polar surface area (TPSA) is 161 Å². The molecule has 1 aliphatic rings. The molecule has 10 nitrogen and oxygen atoms in total. The summed E-state index contributed by atoms with van der Waals surface area (Å²) in [7, 11) is 0. The quantitative estimate of drug-likeness (QED) is 0.349. The summed E-state index contributed by atoms with van der Waals surface area (Å²) in [5, 5.41) is 13.4. The van der Waals surface area contributed by atoms with Crippen LogP contribution in [0.1, 0.15) is 18.9 Å². The fraction of sp³-hybridized carbons (Fsp3) is 0.154. The number of imide groups is 2. The van der Waals surface area contributed by atoms with E-state index < -0.39 is 35.0 Å². The van der Waals surface area contributed by atoms with Gasteiger partial charge in [-0.15, -0.1) is 0 Å². The third-order valence-electron chi connectivity index (χ3n) is 2.97. The van der Waals surface area contributed by atoms with Gasteiger partial charge in [0.1, 0.15) is 11.1 Å². The fourth-order valence-corrected chi connectivity index (χ4v) is 1.84. The summed E-state index contributed by atoms with van der Waals surface area (Å²) in [5.41, 5.74) is -1.91. The summed E-state index contributed by atoms with van der Waals surface area (Å²) in [4.78, 5) is 60.9. The Kier molecular flexibility index (Phi) is 4.25. The minimum absolute atomic E-state index is 0.231.